The van der Waals surface area contributed by atoms with Gasteiger partial charge in [-0.2, -0.15) is 5.10 Å². The monoisotopic (exact) mass is 439 g/mol. The predicted molar refractivity (Wildman–Crippen MR) is 122 cm³/mol. The third-order valence-corrected chi connectivity index (χ3v) is 5.55. The van der Waals surface area contributed by atoms with Crippen molar-refractivity contribution < 1.29 is 9.53 Å². The lowest BCUT2D eigenvalue weighted by Crippen LogP contribution is -2.44. The molecule has 3 aromatic rings. The Hall–Kier alpha value is -2.87. The second kappa shape index (κ2) is 9.51. The van der Waals surface area contributed by atoms with Gasteiger partial charge in [0.25, 0.3) is 0 Å². The number of benzene rings is 2. The Bertz CT molecular complexity index is 1050. The highest BCUT2D eigenvalue weighted by Crippen LogP contribution is 2.31. The molecule has 2 heterocycles. The van der Waals surface area contributed by atoms with Crippen LogP contribution in [0.4, 0.5) is 5.69 Å². The number of nitrogens with one attached hydrogen (secondary N) is 3. The van der Waals surface area contributed by atoms with Gasteiger partial charge >= 0.3 is 0 Å². The molecule has 0 unspecified atom stereocenters. The first-order chi connectivity index (χ1) is 15.0. The average Bonchev–Trinajstić information content (AvgIpc) is 3.29. The van der Waals surface area contributed by atoms with E-state index in [2.05, 4.69) is 20.8 Å². The summed E-state index contributed by atoms with van der Waals surface area (Å²) in [5, 5.41) is 13.9. The van der Waals surface area contributed by atoms with Gasteiger partial charge in [-0.15, -0.1) is 0 Å². The van der Waals surface area contributed by atoms with Gasteiger partial charge < -0.3 is 20.3 Å². The second-order valence-corrected chi connectivity index (χ2v) is 8.33. The highest BCUT2D eigenvalue weighted by molar-refractivity contribution is 6.30. The fourth-order valence-corrected chi connectivity index (χ4v) is 3.75. The van der Waals surface area contributed by atoms with E-state index in [0.717, 1.165) is 23.2 Å². The lowest BCUT2D eigenvalue weighted by molar-refractivity contribution is -0.118. The molecule has 162 valence electrons. The smallest absolute Gasteiger partial charge is 0.241 e. The molecule has 31 heavy (non-hydrogen) atoms. The van der Waals surface area contributed by atoms with E-state index >= 15 is 0 Å². The van der Waals surface area contributed by atoms with Gasteiger partial charge in [-0.25, -0.2) is 0 Å². The topological polar surface area (TPSA) is 82.3 Å². The van der Waals surface area contributed by atoms with E-state index in [1.165, 1.54) is 5.56 Å². The van der Waals surface area contributed by atoms with Gasteiger partial charge in [-0.05, 0) is 61.5 Å². The van der Waals surface area contributed by atoms with Gasteiger partial charge in [0.2, 0.25) is 5.91 Å². The zero-order chi connectivity index (χ0) is 21.8. The SMILES string of the molecule is CN(C)CCOc1cc(-c2cn[nH]c2)ccc1NC(=O)[C@@H]1Cc2cc(Cl)ccc2CN1. The molecule has 0 bridgehead atoms. The van der Waals surface area contributed by atoms with Crippen molar-refractivity contribution in [2.45, 2.75) is 19.0 Å². The molecular formula is C23H26ClN5O2. The van der Waals surface area contributed by atoms with Gasteiger partial charge in [-0.3, -0.25) is 9.89 Å². The minimum Gasteiger partial charge on any atom is -0.490 e. The van der Waals surface area contributed by atoms with Crippen molar-refractivity contribution in [1.29, 1.82) is 0 Å². The fraction of sp³-hybridized carbons (Fsp3) is 0.304. The molecule has 0 fully saturated rings. The minimum atomic E-state index is -0.339. The van der Waals surface area contributed by atoms with Crippen molar-refractivity contribution in [2.24, 2.45) is 0 Å². The number of rotatable bonds is 7. The molecule has 0 saturated heterocycles. The first-order valence-electron chi connectivity index (χ1n) is 10.2. The number of halogens is 1. The third kappa shape index (κ3) is 5.25. The molecule has 1 amide bonds. The van der Waals surface area contributed by atoms with Gasteiger partial charge in [0.15, 0.2) is 0 Å². The van der Waals surface area contributed by atoms with Crippen LogP contribution in [0.15, 0.2) is 48.8 Å². The number of carbonyl (C=O) groups excluding carboxylic acids is 1. The Morgan fingerprint density at radius 3 is 2.87 bits per heavy atom. The summed E-state index contributed by atoms with van der Waals surface area (Å²) in [5.74, 6) is 0.535. The van der Waals surface area contributed by atoms with E-state index in [1.54, 1.807) is 6.20 Å². The minimum absolute atomic E-state index is 0.0980. The molecule has 3 N–H and O–H groups in total. The Morgan fingerprint density at radius 2 is 2.10 bits per heavy atom. The van der Waals surface area contributed by atoms with E-state index in [4.69, 9.17) is 16.3 Å². The van der Waals surface area contributed by atoms with Crippen LogP contribution in [0.3, 0.4) is 0 Å². The summed E-state index contributed by atoms with van der Waals surface area (Å²) in [5.41, 5.74) is 4.84. The lowest BCUT2D eigenvalue weighted by atomic mass is 9.95. The quantitative estimate of drug-likeness (QED) is 0.526. The molecule has 1 aliphatic heterocycles. The van der Waals surface area contributed by atoms with E-state index in [9.17, 15) is 4.79 Å². The molecule has 1 aromatic heterocycles. The standard InChI is InChI=1S/C23H26ClN5O2/c1-29(2)7-8-31-22-11-15(18-13-26-27-14-18)4-6-20(22)28-23(30)21-10-17-9-19(24)5-3-16(17)12-25-21/h3-6,9,11,13-14,21,25H,7-8,10,12H2,1-2H3,(H,26,27)(H,28,30)/t21-/m0/s1. The van der Waals surface area contributed by atoms with Crippen LogP contribution < -0.4 is 15.4 Å². The van der Waals surface area contributed by atoms with Crippen LogP contribution in [-0.4, -0.2) is 54.3 Å². The summed E-state index contributed by atoms with van der Waals surface area (Å²) >= 11 is 6.13. The van der Waals surface area contributed by atoms with Crippen molar-refractivity contribution in [2.75, 3.05) is 32.6 Å². The molecule has 0 saturated carbocycles. The number of likely N-dealkylation sites (N-methyl/N-ethyl adjacent to an activating group) is 1. The molecule has 1 aliphatic rings. The molecule has 2 aromatic carbocycles. The number of fused-ring (bicyclic) bond motifs is 1. The zero-order valence-corrected chi connectivity index (χ0v) is 18.4. The zero-order valence-electron chi connectivity index (χ0n) is 17.6. The number of ether oxygens (including phenoxy) is 1. The molecule has 0 aliphatic carbocycles. The number of amides is 1. The number of aromatic amines is 1. The number of carbonyl (C=O) groups is 1. The number of anilines is 1. The normalized spacial score (nSPS) is 15.5. The van der Waals surface area contributed by atoms with Crippen LogP contribution in [0.2, 0.25) is 5.02 Å². The molecule has 0 radical (unpaired) electrons. The molecular weight excluding hydrogens is 414 g/mol. The Morgan fingerprint density at radius 1 is 1.23 bits per heavy atom. The van der Waals surface area contributed by atoms with Crippen molar-refractivity contribution in [3.8, 4) is 16.9 Å². The molecule has 4 rings (SSSR count). The number of nitrogens with zero attached hydrogens (tertiary/aromatic N) is 2. The summed E-state index contributed by atoms with van der Waals surface area (Å²) in [6.45, 7) is 1.92. The van der Waals surface area contributed by atoms with Gasteiger partial charge in [-0.1, -0.05) is 23.7 Å². The predicted octanol–water partition coefficient (Wildman–Crippen LogP) is 3.32. The van der Waals surface area contributed by atoms with Gasteiger partial charge in [0.1, 0.15) is 12.4 Å². The van der Waals surface area contributed by atoms with Crippen LogP contribution in [0.5, 0.6) is 5.75 Å². The Kier molecular flexibility index (Phi) is 6.56. The number of aromatic nitrogens is 2. The first-order valence-corrected chi connectivity index (χ1v) is 10.6. The van der Waals surface area contributed by atoms with Crippen LogP contribution >= 0.6 is 11.6 Å². The molecule has 1 atom stereocenters. The maximum atomic E-state index is 13.0. The van der Waals surface area contributed by atoms with Crippen molar-refractivity contribution in [3.63, 3.8) is 0 Å². The van der Waals surface area contributed by atoms with Gasteiger partial charge in [0, 0.05) is 29.9 Å². The Labute approximate surface area is 186 Å². The largest absolute Gasteiger partial charge is 0.490 e. The molecule has 8 heteroatoms. The van der Waals surface area contributed by atoms with E-state index < -0.39 is 0 Å². The van der Waals surface area contributed by atoms with Crippen molar-refractivity contribution in [1.82, 2.24) is 20.4 Å². The van der Waals surface area contributed by atoms with Crippen molar-refractivity contribution >= 4 is 23.2 Å². The average molecular weight is 440 g/mol. The lowest BCUT2D eigenvalue weighted by Gasteiger charge is -2.26. The van der Waals surface area contributed by atoms with Crippen molar-refractivity contribution in [3.05, 3.63) is 64.9 Å². The van der Waals surface area contributed by atoms with Gasteiger partial charge in [0.05, 0.1) is 17.9 Å². The summed E-state index contributed by atoms with van der Waals surface area (Å²) in [6, 6.07) is 11.2. The van der Waals surface area contributed by atoms with Crippen LogP contribution in [0.25, 0.3) is 11.1 Å². The van der Waals surface area contributed by atoms with Crippen LogP contribution in [-0.2, 0) is 17.8 Å². The number of hydrogen-bond acceptors (Lipinski definition) is 5. The summed E-state index contributed by atoms with van der Waals surface area (Å²) < 4.78 is 6.02. The van der Waals surface area contributed by atoms with E-state index in [1.807, 2.05) is 61.6 Å². The van der Waals surface area contributed by atoms with E-state index in [0.29, 0.717) is 36.0 Å². The summed E-state index contributed by atoms with van der Waals surface area (Å²) in [7, 11) is 3.99. The molecule has 7 nitrogen and oxygen atoms in total. The number of H-pyrrole nitrogens is 1. The highest BCUT2D eigenvalue weighted by Gasteiger charge is 2.25. The maximum absolute atomic E-state index is 13.0. The summed E-state index contributed by atoms with van der Waals surface area (Å²) in [6.07, 6.45) is 4.17. The summed E-state index contributed by atoms with van der Waals surface area (Å²) in [4.78, 5) is 15.1. The van der Waals surface area contributed by atoms with Crippen LogP contribution in [0.1, 0.15) is 11.1 Å². The maximum Gasteiger partial charge on any atom is 0.241 e. The second-order valence-electron chi connectivity index (χ2n) is 7.89. The third-order valence-electron chi connectivity index (χ3n) is 5.31. The molecule has 0 spiro atoms. The number of hydrogen-bond donors (Lipinski definition) is 3. The Balaban J connectivity index is 1.51. The van der Waals surface area contributed by atoms with Crippen LogP contribution in [0, 0.1) is 0 Å². The van der Waals surface area contributed by atoms with E-state index in [-0.39, 0.29) is 11.9 Å². The highest BCUT2D eigenvalue weighted by atomic mass is 35.5. The first kappa shape index (κ1) is 21.4. The fourth-order valence-electron chi connectivity index (χ4n) is 3.56.